The van der Waals surface area contributed by atoms with Crippen LogP contribution in [0.15, 0.2) is 48.7 Å². The highest BCUT2D eigenvalue weighted by Crippen LogP contribution is 2.24. The Morgan fingerprint density at radius 3 is 2.52 bits per heavy atom. The molecule has 1 aromatic carbocycles. The number of unbranched alkanes of at least 4 members (excludes halogenated alkanes) is 1. The van der Waals surface area contributed by atoms with Gasteiger partial charge in [0.05, 0.1) is 5.75 Å². The Labute approximate surface area is 143 Å². The van der Waals surface area contributed by atoms with Crippen molar-refractivity contribution in [1.29, 1.82) is 0 Å². The highest BCUT2D eigenvalue weighted by molar-refractivity contribution is 7.89. The van der Waals surface area contributed by atoms with Crippen LogP contribution in [0.2, 0.25) is 5.02 Å². The summed E-state index contributed by atoms with van der Waals surface area (Å²) in [6, 6.07) is 13.1. The fourth-order valence-electron chi connectivity index (χ4n) is 2.29. The summed E-state index contributed by atoms with van der Waals surface area (Å²) in [6.45, 7) is 2.25. The first-order valence-corrected chi connectivity index (χ1v) is 9.68. The number of rotatable bonds is 8. The van der Waals surface area contributed by atoms with E-state index in [0.29, 0.717) is 11.4 Å². The van der Waals surface area contributed by atoms with Crippen molar-refractivity contribution in [2.75, 3.05) is 12.3 Å². The van der Waals surface area contributed by atoms with E-state index in [2.05, 4.69) is 9.71 Å². The minimum Gasteiger partial charge on any atom is -0.261 e. The molecule has 0 saturated carbocycles. The molecule has 23 heavy (non-hydrogen) atoms. The first kappa shape index (κ1) is 17.9. The third-order valence-corrected chi connectivity index (χ3v) is 5.28. The molecule has 0 fully saturated rings. The number of sulfonamides is 1. The second kappa shape index (κ2) is 8.43. The molecule has 4 nitrogen and oxygen atoms in total. The lowest BCUT2D eigenvalue weighted by molar-refractivity contribution is 0.573. The maximum absolute atomic E-state index is 12.1. The van der Waals surface area contributed by atoms with Crippen LogP contribution in [0.3, 0.4) is 0 Å². The van der Waals surface area contributed by atoms with Gasteiger partial charge in [0.1, 0.15) is 0 Å². The second-order valence-electron chi connectivity index (χ2n) is 5.38. The molecule has 6 heteroatoms. The van der Waals surface area contributed by atoms with Gasteiger partial charge in [-0.05, 0) is 36.2 Å². The van der Waals surface area contributed by atoms with Gasteiger partial charge in [-0.15, -0.1) is 0 Å². The first-order valence-electron chi connectivity index (χ1n) is 7.65. The Morgan fingerprint density at radius 2 is 1.91 bits per heavy atom. The molecule has 0 aliphatic rings. The molecule has 2 aromatic rings. The van der Waals surface area contributed by atoms with E-state index in [1.807, 2.05) is 37.3 Å². The lowest BCUT2D eigenvalue weighted by atomic mass is 9.95. The molecule has 0 bridgehead atoms. The summed E-state index contributed by atoms with van der Waals surface area (Å²) < 4.78 is 26.8. The van der Waals surface area contributed by atoms with E-state index >= 15 is 0 Å². The summed E-state index contributed by atoms with van der Waals surface area (Å²) in [7, 11) is -3.27. The Hall–Kier alpha value is -1.43. The van der Waals surface area contributed by atoms with Crippen molar-refractivity contribution >= 4 is 21.6 Å². The SMILES string of the molecule is CCCCS(=O)(=O)NCC(c1ccc(Cl)cc1)c1ccccn1. The number of pyridine rings is 1. The van der Waals surface area contributed by atoms with E-state index in [0.717, 1.165) is 17.7 Å². The molecule has 1 heterocycles. The summed E-state index contributed by atoms with van der Waals surface area (Å²) in [5, 5.41) is 0.650. The largest absolute Gasteiger partial charge is 0.261 e. The van der Waals surface area contributed by atoms with Crippen LogP contribution in [-0.4, -0.2) is 25.7 Å². The molecular formula is C17H21ClN2O2S. The second-order valence-corrected chi connectivity index (χ2v) is 7.74. The van der Waals surface area contributed by atoms with E-state index < -0.39 is 10.0 Å². The van der Waals surface area contributed by atoms with Crippen molar-refractivity contribution in [3.05, 3.63) is 64.9 Å². The van der Waals surface area contributed by atoms with Crippen LogP contribution < -0.4 is 4.72 Å². The van der Waals surface area contributed by atoms with Gasteiger partial charge in [0.25, 0.3) is 0 Å². The van der Waals surface area contributed by atoms with Gasteiger partial charge < -0.3 is 0 Å². The molecule has 1 atom stereocenters. The van der Waals surface area contributed by atoms with Gasteiger partial charge in [0.2, 0.25) is 10.0 Å². The zero-order chi connectivity index (χ0) is 16.7. The predicted molar refractivity (Wildman–Crippen MR) is 94.2 cm³/mol. The van der Waals surface area contributed by atoms with Gasteiger partial charge in [-0.2, -0.15) is 0 Å². The highest BCUT2D eigenvalue weighted by atomic mass is 35.5. The Bertz CT molecular complexity index is 703. The molecule has 1 N–H and O–H groups in total. The van der Waals surface area contributed by atoms with Crippen LogP contribution in [0.25, 0.3) is 0 Å². The van der Waals surface area contributed by atoms with Crippen molar-refractivity contribution in [3.8, 4) is 0 Å². The normalized spacial score (nSPS) is 13.0. The molecule has 1 unspecified atom stereocenters. The van der Waals surface area contributed by atoms with E-state index in [1.165, 1.54) is 0 Å². The summed E-state index contributed by atoms with van der Waals surface area (Å²) in [5.74, 6) is 0.00357. The average Bonchev–Trinajstić information content (AvgIpc) is 2.56. The highest BCUT2D eigenvalue weighted by Gasteiger charge is 2.18. The third-order valence-electron chi connectivity index (χ3n) is 3.59. The molecule has 124 valence electrons. The maximum atomic E-state index is 12.1. The third kappa shape index (κ3) is 5.61. The molecule has 1 aromatic heterocycles. The molecule has 0 aliphatic heterocycles. The molecule has 0 aliphatic carbocycles. The molecule has 0 spiro atoms. The number of nitrogens with one attached hydrogen (secondary N) is 1. The van der Waals surface area contributed by atoms with Gasteiger partial charge in [0.15, 0.2) is 0 Å². The number of halogens is 1. The van der Waals surface area contributed by atoms with Crippen molar-refractivity contribution in [2.24, 2.45) is 0 Å². The smallest absolute Gasteiger partial charge is 0.211 e. The van der Waals surface area contributed by atoms with Gasteiger partial charge in [-0.1, -0.05) is 43.1 Å². The summed E-state index contributed by atoms with van der Waals surface area (Å²) in [5.41, 5.74) is 1.80. The minimum atomic E-state index is -3.27. The number of nitrogens with zero attached hydrogens (tertiary/aromatic N) is 1. The Morgan fingerprint density at radius 1 is 1.17 bits per heavy atom. The monoisotopic (exact) mass is 352 g/mol. The van der Waals surface area contributed by atoms with Crippen LogP contribution >= 0.6 is 11.6 Å². The maximum Gasteiger partial charge on any atom is 0.211 e. The summed E-state index contributed by atoms with van der Waals surface area (Å²) in [4.78, 5) is 4.37. The lowest BCUT2D eigenvalue weighted by Crippen LogP contribution is -2.31. The predicted octanol–water partition coefficient (Wildman–Crippen LogP) is 3.59. The van der Waals surface area contributed by atoms with Gasteiger partial charge >= 0.3 is 0 Å². The van der Waals surface area contributed by atoms with Crippen LogP contribution in [0.5, 0.6) is 0 Å². The fraction of sp³-hybridized carbons (Fsp3) is 0.353. The number of hydrogen-bond donors (Lipinski definition) is 1. The van der Waals surface area contributed by atoms with E-state index in [9.17, 15) is 8.42 Å². The summed E-state index contributed by atoms with van der Waals surface area (Å²) in [6.07, 6.45) is 3.22. The topological polar surface area (TPSA) is 59.1 Å². The van der Waals surface area contributed by atoms with Gasteiger partial charge in [-0.25, -0.2) is 13.1 Å². The average molecular weight is 353 g/mol. The number of aromatic nitrogens is 1. The standard InChI is InChI=1S/C17H21ClN2O2S/c1-2-3-12-23(21,22)20-13-16(17-6-4-5-11-19-17)14-7-9-15(18)10-8-14/h4-11,16,20H,2-3,12-13H2,1H3. The van der Waals surface area contributed by atoms with Crippen molar-refractivity contribution in [2.45, 2.75) is 25.7 Å². The van der Waals surface area contributed by atoms with Crippen molar-refractivity contribution < 1.29 is 8.42 Å². The minimum absolute atomic E-state index is 0.148. The zero-order valence-corrected chi connectivity index (χ0v) is 14.6. The van der Waals surface area contributed by atoms with Crippen LogP contribution in [0.4, 0.5) is 0 Å². The fourth-order valence-corrected chi connectivity index (χ4v) is 3.65. The quantitative estimate of drug-likeness (QED) is 0.789. The van der Waals surface area contributed by atoms with Crippen LogP contribution in [-0.2, 0) is 10.0 Å². The van der Waals surface area contributed by atoms with E-state index in [-0.39, 0.29) is 18.2 Å². The molecule has 2 rings (SSSR count). The zero-order valence-electron chi connectivity index (χ0n) is 13.1. The Balaban J connectivity index is 2.20. The summed E-state index contributed by atoms with van der Waals surface area (Å²) >= 11 is 5.94. The number of hydrogen-bond acceptors (Lipinski definition) is 3. The Kier molecular flexibility index (Phi) is 6.57. The van der Waals surface area contributed by atoms with Gasteiger partial charge in [-0.3, -0.25) is 4.98 Å². The van der Waals surface area contributed by atoms with Crippen molar-refractivity contribution in [3.63, 3.8) is 0 Å². The van der Waals surface area contributed by atoms with Crippen LogP contribution in [0, 0.1) is 0 Å². The van der Waals surface area contributed by atoms with E-state index in [4.69, 9.17) is 11.6 Å². The van der Waals surface area contributed by atoms with Gasteiger partial charge in [0, 0.05) is 29.4 Å². The number of benzene rings is 1. The van der Waals surface area contributed by atoms with Crippen LogP contribution in [0.1, 0.15) is 36.9 Å². The van der Waals surface area contributed by atoms with Crippen molar-refractivity contribution in [1.82, 2.24) is 9.71 Å². The molecule has 0 amide bonds. The van der Waals surface area contributed by atoms with E-state index in [1.54, 1.807) is 18.3 Å². The molecular weight excluding hydrogens is 332 g/mol. The molecule has 0 radical (unpaired) electrons. The molecule has 0 saturated heterocycles. The lowest BCUT2D eigenvalue weighted by Gasteiger charge is -2.18. The first-order chi connectivity index (χ1) is 11.0.